The van der Waals surface area contributed by atoms with Crippen molar-refractivity contribution in [2.75, 3.05) is 26.8 Å². The number of anilines is 1. The third-order valence-electron chi connectivity index (χ3n) is 5.13. The van der Waals surface area contributed by atoms with Crippen molar-refractivity contribution in [1.29, 1.82) is 0 Å². The molecule has 8 nitrogen and oxygen atoms in total. The molecule has 0 saturated heterocycles. The van der Waals surface area contributed by atoms with Crippen molar-refractivity contribution in [3.63, 3.8) is 0 Å². The number of benzene rings is 2. The second-order valence-electron chi connectivity index (χ2n) is 7.31. The third-order valence-corrected chi connectivity index (χ3v) is 6.58. The largest absolute Gasteiger partial charge is 0.493 e. The second kappa shape index (κ2) is 9.74. The number of nitrogens with zero attached hydrogens (tertiary/aromatic N) is 2. The van der Waals surface area contributed by atoms with E-state index in [1.807, 2.05) is 37.3 Å². The Labute approximate surface area is 204 Å². The van der Waals surface area contributed by atoms with Gasteiger partial charge in [-0.2, -0.15) is 5.10 Å². The molecule has 2 aromatic carbocycles. The highest BCUT2D eigenvalue weighted by molar-refractivity contribution is 7.17. The first-order chi connectivity index (χ1) is 16.3. The van der Waals surface area contributed by atoms with Gasteiger partial charge in [0, 0.05) is 22.0 Å². The van der Waals surface area contributed by atoms with Crippen LogP contribution in [0, 0.1) is 13.8 Å². The number of aromatic nitrogens is 1. The minimum absolute atomic E-state index is 0.415. The molecule has 0 aliphatic rings. The number of hydrogen-bond acceptors (Lipinski definition) is 9. The van der Waals surface area contributed by atoms with Crippen LogP contribution in [0.2, 0.25) is 5.02 Å². The summed E-state index contributed by atoms with van der Waals surface area (Å²) >= 11 is 7.55. The molecule has 0 bridgehead atoms. The van der Waals surface area contributed by atoms with Crippen molar-refractivity contribution >= 4 is 45.0 Å². The van der Waals surface area contributed by atoms with Crippen LogP contribution in [0.1, 0.15) is 20.9 Å². The lowest BCUT2D eigenvalue weighted by atomic mass is 10.1. The number of carbonyl (C=O) groups excluding carboxylic acids is 1. The maximum Gasteiger partial charge on any atom is 0.350 e. The highest BCUT2D eigenvalue weighted by Gasteiger charge is 2.16. The molecule has 0 aliphatic heterocycles. The van der Waals surface area contributed by atoms with E-state index < -0.39 is 5.97 Å². The number of thiazole rings is 1. The Hall–Kier alpha value is -3.56. The van der Waals surface area contributed by atoms with Crippen molar-refractivity contribution < 1.29 is 23.4 Å². The average molecular weight is 500 g/mol. The summed E-state index contributed by atoms with van der Waals surface area (Å²) in [5, 5.41) is 6.90. The van der Waals surface area contributed by atoms with Gasteiger partial charge < -0.3 is 18.6 Å². The van der Waals surface area contributed by atoms with Crippen LogP contribution in [0.15, 0.2) is 45.9 Å². The molecule has 4 rings (SSSR count). The molecule has 176 valence electrons. The maximum absolute atomic E-state index is 11.9. The first-order valence-corrected chi connectivity index (χ1v) is 11.4. The Balaban J connectivity index is 1.85. The predicted molar refractivity (Wildman–Crippen MR) is 132 cm³/mol. The standard InChI is InChI=1S/C24H22ClN3O5S/c1-12-8-20-15(10-16(12)25)17(27-28-24-26-13(2)22(34-24)23(29)32-5)11-19(33-20)14-6-7-18(30-3)21(9-14)31-4/h6-11H,1-5H3,(H,26,28)/b27-17+. The lowest BCUT2D eigenvalue weighted by Gasteiger charge is -2.10. The van der Waals surface area contributed by atoms with Crippen LogP contribution in [0.25, 0.3) is 22.3 Å². The Bertz CT molecular complexity index is 1460. The van der Waals surface area contributed by atoms with Gasteiger partial charge in [0.15, 0.2) is 11.5 Å². The molecule has 0 unspecified atom stereocenters. The molecule has 0 aliphatic carbocycles. The number of ether oxygens (including phenoxy) is 3. The van der Waals surface area contributed by atoms with Crippen LogP contribution < -0.4 is 20.3 Å². The van der Waals surface area contributed by atoms with E-state index >= 15 is 0 Å². The molecule has 0 saturated carbocycles. The lowest BCUT2D eigenvalue weighted by molar-refractivity contribution is 0.0605. The van der Waals surface area contributed by atoms with Crippen molar-refractivity contribution in [3.8, 4) is 22.8 Å². The van der Waals surface area contributed by atoms with E-state index in [4.69, 9.17) is 30.2 Å². The SMILES string of the molecule is COC(=O)c1sc(N/N=c2\cc(-c3ccc(OC)c(OC)c3)oc3cc(C)c(Cl)cc23)nc1C. The zero-order chi connectivity index (χ0) is 24.4. The summed E-state index contributed by atoms with van der Waals surface area (Å²) in [6.45, 7) is 3.64. The van der Waals surface area contributed by atoms with Gasteiger partial charge in [0.25, 0.3) is 0 Å². The number of nitrogens with one attached hydrogen (secondary N) is 1. The number of hydrogen-bond donors (Lipinski definition) is 1. The first kappa shape index (κ1) is 23.6. The highest BCUT2D eigenvalue weighted by Crippen LogP contribution is 2.33. The van der Waals surface area contributed by atoms with Gasteiger partial charge in [0.1, 0.15) is 16.2 Å². The van der Waals surface area contributed by atoms with Crippen LogP contribution >= 0.6 is 22.9 Å². The number of rotatable bonds is 6. The summed E-state index contributed by atoms with van der Waals surface area (Å²) in [6, 6.07) is 11.0. The van der Waals surface area contributed by atoms with Gasteiger partial charge in [-0.3, -0.25) is 5.43 Å². The lowest BCUT2D eigenvalue weighted by Crippen LogP contribution is -2.08. The number of aryl methyl sites for hydroxylation is 2. The minimum atomic E-state index is -0.440. The monoisotopic (exact) mass is 499 g/mol. The van der Waals surface area contributed by atoms with Crippen molar-refractivity contribution in [2.24, 2.45) is 5.10 Å². The first-order valence-electron chi connectivity index (χ1n) is 10.2. The topological polar surface area (TPSA) is 95.2 Å². The quantitative estimate of drug-likeness (QED) is 0.274. The van der Waals surface area contributed by atoms with Gasteiger partial charge in [-0.05, 0) is 49.7 Å². The summed E-state index contributed by atoms with van der Waals surface area (Å²) in [5.41, 5.74) is 5.77. The van der Waals surface area contributed by atoms with E-state index in [2.05, 4.69) is 15.5 Å². The molecule has 0 fully saturated rings. The van der Waals surface area contributed by atoms with E-state index in [0.717, 1.165) is 22.5 Å². The predicted octanol–water partition coefficient (Wildman–Crippen LogP) is 5.56. The molecule has 2 aromatic heterocycles. The van der Waals surface area contributed by atoms with E-state index in [-0.39, 0.29) is 0 Å². The number of halogens is 1. The fraction of sp³-hybridized carbons (Fsp3) is 0.208. The van der Waals surface area contributed by atoms with Crippen LogP contribution in [-0.2, 0) is 4.74 Å². The van der Waals surface area contributed by atoms with Gasteiger partial charge >= 0.3 is 5.97 Å². The Morgan fingerprint density at radius 3 is 2.56 bits per heavy atom. The molecule has 0 amide bonds. The second-order valence-corrected chi connectivity index (χ2v) is 8.72. The summed E-state index contributed by atoms with van der Waals surface area (Å²) in [4.78, 5) is 16.7. The molecular weight excluding hydrogens is 478 g/mol. The Kier molecular flexibility index (Phi) is 6.76. The number of esters is 1. The van der Waals surface area contributed by atoms with Gasteiger partial charge in [0.2, 0.25) is 5.13 Å². The highest BCUT2D eigenvalue weighted by atomic mass is 35.5. The summed E-state index contributed by atoms with van der Waals surface area (Å²) in [5.74, 6) is 1.32. The van der Waals surface area contributed by atoms with Crippen molar-refractivity contribution in [2.45, 2.75) is 13.8 Å². The molecule has 2 heterocycles. The van der Waals surface area contributed by atoms with Gasteiger partial charge in [0.05, 0.1) is 32.4 Å². The van der Waals surface area contributed by atoms with Crippen LogP contribution in [0.4, 0.5) is 5.13 Å². The van der Waals surface area contributed by atoms with Crippen LogP contribution in [0.5, 0.6) is 11.5 Å². The molecule has 4 aromatic rings. The number of carbonyl (C=O) groups is 1. The third kappa shape index (κ3) is 4.57. The van der Waals surface area contributed by atoms with Gasteiger partial charge in [-0.25, -0.2) is 9.78 Å². The number of fused-ring (bicyclic) bond motifs is 1. The molecule has 34 heavy (non-hydrogen) atoms. The van der Waals surface area contributed by atoms with E-state index in [1.54, 1.807) is 27.2 Å². The molecule has 1 N–H and O–H groups in total. The zero-order valence-corrected chi connectivity index (χ0v) is 20.8. The van der Waals surface area contributed by atoms with Crippen molar-refractivity contribution in [1.82, 2.24) is 4.98 Å². The normalized spacial score (nSPS) is 11.5. The van der Waals surface area contributed by atoms with Gasteiger partial charge in [-0.15, -0.1) is 0 Å². The smallest absolute Gasteiger partial charge is 0.350 e. The van der Waals surface area contributed by atoms with E-state index in [0.29, 0.717) is 54.3 Å². The molecule has 0 atom stereocenters. The summed E-state index contributed by atoms with van der Waals surface area (Å²) in [6.07, 6.45) is 0. The summed E-state index contributed by atoms with van der Waals surface area (Å²) in [7, 11) is 4.49. The van der Waals surface area contributed by atoms with Crippen LogP contribution in [-0.4, -0.2) is 32.3 Å². The average Bonchev–Trinajstić information content (AvgIpc) is 3.22. The minimum Gasteiger partial charge on any atom is -0.493 e. The molecule has 0 radical (unpaired) electrons. The van der Waals surface area contributed by atoms with Crippen molar-refractivity contribution in [3.05, 3.63) is 62.9 Å². The fourth-order valence-electron chi connectivity index (χ4n) is 3.35. The Morgan fingerprint density at radius 2 is 1.85 bits per heavy atom. The maximum atomic E-state index is 11.9. The van der Waals surface area contributed by atoms with Crippen LogP contribution in [0.3, 0.4) is 0 Å². The van der Waals surface area contributed by atoms with E-state index in [1.165, 1.54) is 7.11 Å². The molecule has 10 heteroatoms. The Morgan fingerprint density at radius 1 is 1.09 bits per heavy atom. The molecule has 0 spiro atoms. The number of methoxy groups -OCH3 is 3. The van der Waals surface area contributed by atoms with E-state index in [9.17, 15) is 4.79 Å². The fourth-order valence-corrected chi connectivity index (χ4v) is 4.34. The zero-order valence-electron chi connectivity index (χ0n) is 19.2. The van der Waals surface area contributed by atoms with Gasteiger partial charge in [-0.1, -0.05) is 22.9 Å². The summed E-state index contributed by atoms with van der Waals surface area (Å²) < 4.78 is 21.8. The molecular formula is C24H22ClN3O5S.